The largest absolute Gasteiger partial charge is 0.394 e. The molecule has 0 radical (unpaired) electrons. The van der Waals surface area contributed by atoms with Gasteiger partial charge in [0.2, 0.25) is 5.91 Å². The van der Waals surface area contributed by atoms with Crippen LogP contribution in [-0.4, -0.2) is 35.1 Å². The Morgan fingerprint density at radius 1 is 1.53 bits per heavy atom. The lowest BCUT2D eigenvalue weighted by atomic mass is 10.1. The molecular weight excluding hydrogens is 214 g/mol. The molecule has 1 atom stereocenters. The van der Waals surface area contributed by atoms with Gasteiger partial charge in [0.15, 0.2) is 0 Å². The highest BCUT2D eigenvalue weighted by Gasteiger charge is 2.27. The molecule has 92 valence electrons. The van der Waals surface area contributed by atoms with E-state index < -0.39 is 0 Å². The summed E-state index contributed by atoms with van der Waals surface area (Å²) in [6.07, 6.45) is 2.37. The van der Waals surface area contributed by atoms with Gasteiger partial charge in [-0.05, 0) is 25.3 Å². The van der Waals surface area contributed by atoms with Crippen LogP contribution in [0.1, 0.15) is 24.0 Å². The molecule has 1 saturated heterocycles. The second-order valence-corrected chi connectivity index (χ2v) is 4.73. The lowest BCUT2D eigenvalue weighted by Crippen LogP contribution is -2.38. The first kappa shape index (κ1) is 12.1. The highest BCUT2D eigenvalue weighted by molar-refractivity contribution is 5.79. The van der Waals surface area contributed by atoms with Crippen molar-refractivity contribution in [2.75, 3.05) is 13.2 Å². The zero-order valence-electron chi connectivity index (χ0n) is 10.2. The molecule has 17 heavy (non-hydrogen) atoms. The molecule has 2 rings (SSSR count). The van der Waals surface area contributed by atoms with Crippen LogP contribution in [0, 0.1) is 6.92 Å². The van der Waals surface area contributed by atoms with Crippen molar-refractivity contribution in [3.63, 3.8) is 0 Å². The molecule has 1 aliphatic rings. The maximum atomic E-state index is 12.1. The molecule has 1 aliphatic heterocycles. The van der Waals surface area contributed by atoms with E-state index in [9.17, 15) is 9.90 Å². The number of hydrogen-bond donors (Lipinski definition) is 1. The molecule has 1 N–H and O–H groups in total. The second-order valence-electron chi connectivity index (χ2n) is 4.73. The number of carbonyl (C=O) groups is 1. The van der Waals surface area contributed by atoms with E-state index in [0.717, 1.165) is 24.9 Å². The van der Waals surface area contributed by atoms with Crippen molar-refractivity contribution in [3.05, 3.63) is 35.4 Å². The van der Waals surface area contributed by atoms with Crippen LogP contribution in [0.4, 0.5) is 0 Å². The molecule has 1 fully saturated rings. The summed E-state index contributed by atoms with van der Waals surface area (Å²) >= 11 is 0. The van der Waals surface area contributed by atoms with Crippen LogP contribution in [0.3, 0.4) is 0 Å². The van der Waals surface area contributed by atoms with Crippen molar-refractivity contribution < 1.29 is 9.90 Å². The summed E-state index contributed by atoms with van der Waals surface area (Å²) in [4.78, 5) is 13.9. The molecule has 1 heterocycles. The molecule has 1 unspecified atom stereocenters. The van der Waals surface area contributed by atoms with Crippen LogP contribution >= 0.6 is 0 Å². The Labute approximate surface area is 102 Å². The van der Waals surface area contributed by atoms with Crippen molar-refractivity contribution in [3.8, 4) is 0 Å². The van der Waals surface area contributed by atoms with E-state index in [4.69, 9.17) is 0 Å². The van der Waals surface area contributed by atoms with Gasteiger partial charge in [0, 0.05) is 6.54 Å². The van der Waals surface area contributed by atoms with E-state index >= 15 is 0 Å². The third-order valence-electron chi connectivity index (χ3n) is 3.35. The van der Waals surface area contributed by atoms with Gasteiger partial charge in [-0.3, -0.25) is 4.79 Å². The maximum absolute atomic E-state index is 12.1. The number of likely N-dealkylation sites (tertiary alicyclic amines) is 1. The Bertz CT molecular complexity index is 403. The molecule has 1 aromatic carbocycles. The summed E-state index contributed by atoms with van der Waals surface area (Å²) in [7, 11) is 0. The van der Waals surface area contributed by atoms with Gasteiger partial charge in [0.05, 0.1) is 19.1 Å². The first-order chi connectivity index (χ1) is 8.20. The van der Waals surface area contributed by atoms with Gasteiger partial charge in [0.1, 0.15) is 0 Å². The van der Waals surface area contributed by atoms with Crippen LogP contribution in [0.15, 0.2) is 24.3 Å². The van der Waals surface area contributed by atoms with E-state index in [-0.39, 0.29) is 18.6 Å². The van der Waals surface area contributed by atoms with Gasteiger partial charge in [-0.15, -0.1) is 0 Å². The Kier molecular flexibility index (Phi) is 3.79. The summed E-state index contributed by atoms with van der Waals surface area (Å²) in [6.45, 7) is 2.90. The molecule has 1 aromatic rings. The molecule has 0 aliphatic carbocycles. The normalized spacial score (nSPS) is 19.6. The third kappa shape index (κ3) is 2.86. The molecule has 0 bridgehead atoms. The second kappa shape index (κ2) is 5.32. The summed E-state index contributed by atoms with van der Waals surface area (Å²) < 4.78 is 0. The summed E-state index contributed by atoms with van der Waals surface area (Å²) in [5, 5.41) is 9.20. The van der Waals surface area contributed by atoms with E-state index in [1.54, 1.807) is 0 Å². The molecule has 0 aromatic heterocycles. The predicted octanol–water partition coefficient (Wildman–Crippen LogP) is 1.52. The average molecular weight is 233 g/mol. The SMILES string of the molecule is Cc1cccc(CC(=O)N2CCCC2CO)c1. The Morgan fingerprint density at radius 2 is 2.35 bits per heavy atom. The topological polar surface area (TPSA) is 40.5 Å². The minimum atomic E-state index is 0.0345. The Morgan fingerprint density at radius 3 is 3.06 bits per heavy atom. The maximum Gasteiger partial charge on any atom is 0.227 e. The van der Waals surface area contributed by atoms with Crippen LogP contribution in [0.25, 0.3) is 0 Å². The number of carbonyl (C=O) groups excluding carboxylic acids is 1. The molecule has 3 heteroatoms. The lowest BCUT2D eigenvalue weighted by molar-refractivity contribution is -0.131. The quantitative estimate of drug-likeness (QED) is 0.860. The van der Waals surface area contributed by atoms with E-state index in [2.05, 4.69) is 0 Å². The minimum Gasteiger partial charge on any atom is -0.394 e. The highest BCUT2D eigenvalue weighted by atomic mass is 16.3. The van der Waals surface area contributed by atoms with Crippen LogP contribution in [0.5, 0.6) is 0 Å². The smallest absolute Gasteiger partial charge is 0.227 e. The van der Waals surface area contributed by atoms with Crippen molar-refractivity contribution in [2.45, 2.75) is 32.2 Å². The van der Waals surface area contributed by atoms with E-state index in [0.29, 0.717) is 6.42 Å². The van der Waals surface area contributed by atoms with E-state index in [1.807, 2.05) is 36.1 Å². The standard InChI is InChI=1S/C14H19NO2/c1-11-4-2-5-12(8-11)9-14(17)15-7-3-6-13(15)10-16/h2,4-5,8,13,16H,3,6-7,9-10H2,1H3. The molecule has 0 saturated carbocycles. The minimum absolute atomic E-state index is 0.0345. The Hall–Kier alpha value is -1.35. The van der Waals surface area contributed by atoms with Crippen molar-refractivity contribution in [2.24, 2.45) is 0 Å². The fourth-order valence-corrected chi connectivity index (χ4v) is 2.45. The van der Waals surface area contributed by atoms with Gasteiger partial charge < -0.3 is 10.0 Å². The number of hydrogen-bond acceptors (Lipinski definition) is 2. The van der Waals surface area contributed by atoms with Gasteiger partial charge >= 0.3 is 0 Å². The van der Waals surface area contributed by atoms with Crippen molar-refractivity contribution in [1.29, 1.82) is 0 Å². The lowest BCUT2D eigenvalue weighted by Gasteiger charge is -2.23. The van der Waals surface area contributed by atoms with Crippen LogP contribution in [-0.2, 0) is 11.2 Å². The predicted molar refractivity (Wildman–Crippen MR) is 66.7 cm³/mol. The highest BCUT2D eigenvalue weighted by Crippen LogP contribution is 2.18. The molecular formula is C14H19NO2. The molecule has 3 nitrogen and oxygen atoms in total. The number of nitrogens with zero attached hydrogens (tertiary/aromatic N) is 1. The van der Waals surface area contributed by atoms with Gasteiger partial charge in [0.25, 0.3) is 0 Å². The monoisotopic (exact) mass is 233 g/mol. The fraction of sp³-hybridized carbons (Fsp3) is 0.500. The Balaban J connectivity index is 2.01. The van der Waals surface area contributed by atoms with Crippen LogP contribution in [0.2, 0.25) is 0 Å². The fourth-order valence-electron chi connectivity index (χ4n) is 2.45. The summed E-state index contributed by atoms with van der Waals surface area (Å²) in [5.74, 6) is 0.132. The number of rotatable bonds is 3. The van der Waals surface area contributed by atoms with Gasteiger partial charge in [-0.25, -0.2) is 0 Å². The molecule has 1 amide bonds. The first-order valence-corrected chi connectivity index (χ1v) is 6.16. The van der Waals surface area contributed by atoms with Crippen LogP contribution < -0.4 is 0 Å². The zero-order chi connectivity index (χ0) is 12.3. The number of amides is 1. The number of aliphatic hydroxyl groups is 1. The number of aryl methyl sites for hydroxylation is 1. The zero-order valence-corrected chi connectivity index (χ0v) is 10.2. The van der Waals surface area contributed by atoms with Gasteiger partial charge in [-0.1, -0.05) is 29.8 Å². The number of aliphatic hydroxyl groups excluding tert-OH is 1. The third-order valence-corrected chi connectivity index (χ3v) is 3.35. The van der Waals surface area contributed by atoms with E-state index in [1.165, 1.54) is 5.56 Å². The summed E-state index contributed by atoms with van der Waals surface area (Å²) in [6, 6.07) is 8.06. The molecule has 0 spiro atoms. The van der Waals surface area contributed by atoms with Gasteiger partial charge in [-0.2, -0.15) is 0 Å². The van der Waals surface area contributed by atoms with Crippen molar-refractivity contribution in [1.82, 2.24) is 4.90 Å². The first-order valence-electron chi connectivity index (χ1n) is 6.16. The average Bonchev–Trinajstić information content (AvgIpc) is 2.77. The summed E-state index contributed by atoms with van der Waals surface area (Å²) in [5.41, 5.74) is 2.23. The number of benzene rings is 1. The van der Waals surface area contributed by atoms with Crippen molar-refractivity contribution >= 4 is 5.91 Å².